The van der Waals surface area contributed by atoms with Crippen LogP contribution in [-0.4, -0.2) is 21.9 Å². The van der Waals surface area contributed by atoms with Gasteiger partial charge < -0.3 is 4.57 Å². The van der Waals surface area contributed by atoms with Crippen LogP contribution in [-0.2, 0) is 18.9 Å². The molecule has 0 radical (unpaired) electrons. The second-order valence-electron chi connectivity index (χ2n) is 9.35. The largest absolute Gasteiger partial charge is 0.348 e. The van der Waals surface area contributed by atoms with Gasteiger partial charge in [-0.15, -0.1) is 0 Å². The molecule has 0 bridgehead atoms. The molecule has 1 aromatic heterocycles. The average Bonchev–Trinajstić information content (AvgIpc) is 3.17. The molecule has 1 unspecified atom stereocenters. The number of allylic oxidation sites excluding steroid dienone is 1. The molecule has 160 valence electrons. The van der Waals surface area contributed by atoms with Gasteiger partial charge in [-0.2, -0.15) is 4.58 Å². The number of hydrogen-bond acceptors (Lipinski definition) is 0. The van der Waals surface area contributed by atoms with Gasteiger partial charge in [-0.1, -0.05) is 54.6 Å². The molecule has 2 heterocycles. The van der Waals surface area contributed by atoms with Crippen molar-refractivity contribution in [2.24, 2.45) is 7.05 Å². The van der Waals surface area contributed by atoms with E-state index in [1.165, 1.54) is 50.2 Å². The summed E-state index contributed by atoms with van der Waals surface area (Å²) in [6.45, 7) is 6.78. The van der Waals surface area contributed by atoms with Crippen molar-refractivity contribution in [1.29, 1.82) is 0 Å². The summed E-state index contributed by atoms with van der Waals surface area (Å²) in [6.07, 6.45) is 5.58. The lowest BCUT2D eigenvalue weighted by molar-refractivity contribution is -0.401. The van der Waals surface area contributed by atoms with Crippen molar-refractivity contribution in [3.8, 4) is 0 Å². The summed E-state index contributed by atoms with van der Waals surface area (Å²) in [5, 5.41) is 2.65. The Hall–Kier alpha value is -3.39. The minimum Gasteiger partial charge on any atom is -0.348 e. The number of aromatic nitrogens is 1. The van der Waals surface area contributed by atoms with Crippen LogP contribution in [0.25, 0.3) is 16.8 Å². The summed E-state index contributed by atoms with van der Waals surface area (Å²) < 4.78 is 4.67. The molecule has 0 N–H and O–H groups in total. The molecule has 0 fully saturated rings. The Bertz CT molecular complexity index is 1390. The smallest absolute Gasteiger partial charge is 0.210 e. The van der Waals surface area contributed by atoms with Crippen LogP contribution in [0.2, 0.25) is 0 Å². The van der Waals surface area contributed by atoms with Gasteiger partial charge in [-0.3, -0.25) is 0 Å². The predicted octanol–water partition coefficient (Wildman–Crippen LogP) is 6.74. The van der Waals surface area contributed by atoms with Gasteiger partial charge >= 0.3 is 0 Å². The highest BCUT2D eigenvalue weighted by Crippen LogP contribution is 2.45. The molecule has 0 spiro atoms. The summed E-state index contributed by atoms with van der Waals surface area (Å²) in [4.78, 5) is 0. The van der Waals surface area contributed by atoms with Crippen LogP contribution in [0.15, 0.2) is 78.9 Å². The fourth-order valence-electron chi connectivity index (χ4n) is 5.43. The Morgan fingerprint density at radius 3 is 2.34 bits per heavy atom. The van der Waals surface area contributed by atoms with E-state index in [2.05, 4.69) is 129 Å². The van der Waals surface area contributed by atoms with Crippen LogP contribution in [0, 0.1) is 13.8 Å². The van der Waals surface area contributed by atoms with E-state index in [0.29, 0.717) is 0 Å². The molecule has 1 atom stereocenters. The van der Waals surface area contributed by atoms with Gasteiger partial charge in [0, 0.05) is 36.1 Å². The predicted molar refractivity (Wildman–Crippen MR) is 136 cm³/mol. The topological polar surface area (TPSA) is 7.94 Å². The molecular weight excluding hydrogens is 388 g/mol. The van der Waals surface area contributed by atoms with E-state index in [1.54, 1.807) is 0 Å². The summed E-state index contributed by atoms with van der Waals surface area (Å²) in [5.74, 6) is 0. The van der Waals surface area contributed by atoms with Crippen molar-refractivity contribution in [2.45, 2.75) is 32.6 Å². The van der Waals surface area contributed by atoms with Crippen molar-refractivity contribution in [2.75, 3.05) is 7.05 Å². The fraction of sp³-hybridized carbons (Fsp3) is 0.233. The lowest BCUT2D eigenvalue weighted by Gasteiger charge is -2.24. The highest BCUT2D eigenvalue weighted by molar-refractivity contribution is 6.09. The highest BCUT2D eigenvalue weighted by Gasteiger charge is 2.47. The molecule has 4 aromatic rings. The number of aryl methyl sites for hydroxylation is 1. The normalized spacial score (nSPS) is 18.2. The first-order valence-corrected chi connectivity index (χ1v) is 11.4. The van der Waals surface area contributed by atoms with E-state index in [4.69, 9.17) is 0 Å². The minimum absolute atomic E-state index is 0.127. The van der Waals surface area contributed by atoms with Crippen LogP contribution in [0.5, 0.6) is 0 Å². The molecule has 1 aliphatic heterocycles. The highest BCUT2D eigenvalue weighted by atomic mass is 15.0. The van der Waals surface area contributed by atoms with Crippen molar-refractivity contribution < 1.29 is 4.58 Å². The van der Waals surface area contributed by atoms with E-state index in [-0.39, 0.29) is 5.41 Å². The van der Waals surface area contributed by atoms with Gasteiger partial charge in [-0.25, -0.2) is 0 Å². The maximum Gasteiger partial charge on any atom is 0.210 e. The maximum atomic E-state index is 2.41. The zero-order chi connectivity index (χ0) is 22.5. The summed E-state index contributed by atoms with van der Waals surface area (Å²) in [7, 11) is 4.36. The molecule has 0 saturated heterocycles. The Labute approximate surface area is 191 Å². The summed E-state index contributed by atoms with van der Waals surface area (Å²) in [6, 6.07) is 26.5. The SMILES string of the molecule is Cc1cc(/C=C/C2=[N+](C)c3ccc4ccccc4c3C2(C)Cc2ccccc2)n(C)c1C. The maximum absolute atomic E-state index is 2.41. The number of nitrogens with zero attached hydrogens (tertiary/aromatic N) is 2. The first-order chi connectivity index (χ1) is 15.4. The van der Waals surface area contributed by atoms with Gasteiger partial charge in [0.1, 0.15) is 7.05 Å². The Morgan fingerprint density at radius 2 is 1.62 bits per heavy atom. The molecule has 32 heavy (non-hydrogen) atoms. The van der Waals surface area contributed by atoms with Crippen LogP contribution < -0.4 is 0 Å². The Balaban J connectivity index is 1.70. The van der Waals surface area contributed by atoms with Gasteiger partial charge in [0.15, 0.2) is 5.71 Å². The zero-order valence-electron chi connectivity index (χ0n) is 19.7. The third kappa shape index (κ3) is 3.14. The van der Waals surface area contributed by atoms with Gasteiger partial charge in [0.2, 0.25) is 5.69 Å². The number of rotatable bonds is 4. The quantitative estimate of drug-likeness (QED) is 0.324. The number of benzene rings is 3. The standard InChI is InChI=1S/C30H31N2/c1-21-19-25(31(4)22(21)2)16-18-28-30(3,20-23-11-7-6-8-12-23)29-26-14-10-9-13-24(26)15-17-27(29)32(28)5/h6-19H,20H2,1-5H3/q+1. The van der Waals surface area contributed by atoms with Crippen LogP contribution in [0.3, 0.4) is 0 Å². The lowest BCUT2D eigenvalue weighted by atomic mass is 9.73. The molecule has 1 aliphatic rings. The first-order valence-electron chi connectivity index (χ1n) is 11.4. The fourth-order valence-corrected chi connectivity index (χ4v) is 5.43. The van der Waals surface area contributed by atoms with E-state index in [0.717, 1.165) is 6.42 Å². The number of hydrogen-bond donors (Lipinski definition) is 0. The number of fused-ring (bicyclic) bond motifs is 3. The second-order valence-corrected chi connectivity index (χ2v) is 9.35. The molecule has 3 aromatic carbocycles. The van der Waals surface area contributed by atoms with Crippen LogP contribution in [0.4, 0.5) is 5.69 Å². The van der Waals surface area contributed by atoms with E-state index in [1.807, 2.05) is 0 Å². The van der Waals surface area contributed by atoms with E-state index >= 15 is 0 Å². The van der Waals surface area contributed by atoms with Gasteiger partial charge in [-0.05, 0) is 67.3 Å². The van der Waals surface area contributed by atoms with Crippen molar-refractivity contribution >= 4 is 28.2 Å². The third-order valence-corrected chi connectivity index (χ3v) is 7.38. The summed E-state index contributed by atoms with van der Waals surface area (Å²) >= 11 is 0. The summed E-state index contributed by atoms with van der Waals surface area (Å²) in [5.41, 5.74) is 9.20. The zero-order valence-corrected chi connectivity index (χ0v) is 19.7. The molecular formula is C30H31N2+. The second kappa shape index (κ2) is 7.63. The molecule has 2 nitrogen and oxygen atoms in total. The lowest BCUT2D eigenvalue weighted by Crippen LogP contribution is -2.33. The van der Waals surface area contributed by atoms with Crippen molar-refractivity contribution in [3.63, 3.8) is 0 Å². The van der Waals surface area contributed by atoms with Crippen LogP contribution >= 0.6 is 0 Å². The Morgan fingerprint density at radius 1 is 0.906 bits per heavy atom. The third-order valence-electron chi connectivity index (χ3n) is 7.38. The van der Waals surface area contributed by atoms with Crippen molar-refractivity contribution in [1.82, 2.24) is 4.57 Å². The molecule has 2 heteroatoms. The Kier molecular flexibility index (Phi) is 4.89. The molecule has 0 amide bonds. The van der Waals surface area contributed by atoms with E-state index in [9.17, 15) is 0 Å². The van der Waals surface area contributed by atoms with Gasteiger partial charge in [0.25, 0.3) is 0 Å². The first kappa shape index (κ1) is 20.5. The van der Waals surface area contributed by atoms with Crippen LogP contribution in [0.1, 0.15) is 35.0 Å². The molecule has 5 rings (SSSR count). The average molecular weight is 420 g/mol. The van der Waals surface area contributed by atoms with Crippen molar-refractivity contribution in [3.05, 3.63) is 107 Å². The molecule has 0 saturated carbocycles. The van der Waals surface area contributed by atoms with E-state index < -0.39 is 0 Å². The van der Waals surface area contributed by atoms with Gasteiger partial charge in [0.05, 0.1) is 5.41 Å². The minimum atomic E-state index is -0.127. The monoisotopic (exact) mass is 419 g/mol. The molecule has 0 aliphatic carbocycles.